The van der Waals surface area contributed by atoms with Crippen molar-refractivity contribution in [2.45, 2.75) is 45.6 Å². The van der Waals surface area contributed by atoms with Crippen molar-refractivity contribution in [3.63, 3.8) is 0 Å². The third-order valence-electron chi connectivity index (χ3n) is 3.52. The lowest BCUT2D eigenvalue weighted by Crippen LogP contribution is -2.50. The normalized spacial score (nSPS) is 18.6. The van der Waals surface area contributed by atoms with Gasteiger partial charge in [-0.25, -0.2) is 0 Å². The Morgan fingerprint density at radius 2 is 1.84 bits per heavy atom. The molecule has 0 aromatic carbocycles. The van der Waals surface area contributed by atoms with E-state index in [4.69, 9.17) is 5.11 Å². The van der Waals surface area contributed by atoms with Crippen molar-refractivity contribution in [1.82, 2.24) is 10.6 Å². The highest BCUT2D eigenvalue weighted by atomic mass is 16.4. The largest absolute Gasteiger partial charge is 0.481 e. The van der Waals surface area contributed by atoms with Gasteiger partial charge in [-0.1, -0.05) is 19.8 Å². The lowest BCUT2D eigenvalue weighted by Gasteiger charge is -2.23. The molecule has 0 aromatic rings. The van der Waals surface area contributed by atoms with Crippen LogP contribution in [0.25, 0.3) is 0 Å². The standard InChI is InChI=1S/C13H22N2O4/c1-8(13(18)19)7-14-12(17)11(15-9(2)16)10-5-3-4-6-10/h8,10-11H,3-7H2,1-2H3,(H,14,17)(H,15,16)(H,18,19). The van der Waals surface area contributed by atoms with Gasteiger partial charge in [-0.2, -0.15) is 0 Å². The van der Waals surface area contributed by atoms with Crippen LogP contribution in [0.1, 0.15) is 39.5 Å². The van der Waals surface area contributed by atoms with Crippen molar-refractivity contribution < 1.29 is 19.5 Å². The molecule has 2 unspecified atom stereocenters. The van der Waals surface area contributed by atoms with Crippen LogP contribution < -0.4 is 10.6 Å². The van der Waals surface area contributed by atoms with Crippen molar-refractivity contribution in [3.05, 3.63) is 0 Å². The van der Waals surface area contributed by atoms with Crippen LogP contribution >= 0.6 is 0 Å². The zero-order chi connectivity index (χ0) is 14.4. The van der Waals surface area contributed by atoms with Gasteiger partial charge in [0.25, 0.3) is 0 Å². The minimum absolute atomic E-state index is 0.0803. The van der Waals surface area contributed by atoms with Gasteiger partial charge in [0.2, 0.25) is 11.8 Å². The number of rotatable bonds is 6. The molecule has 6 nitrogen and oxygen atoms in total. The van der Waals surface area contributed by atoms with Crippen LogP contribution in [0.2, 0.25) is 0 Å². The molecular formula is C13H22N2O4. The summed E-state index contributed by atoms with van der Waals surface area (Å²) >= 11 is 0. The van der Waals surface area contributed by atoms with Crippen molar-refractivity contribution in [1.29, 1.82) is 0 Å². The monoisotopic (exact) mass is 270 g/mol. The average Bonchev–Trinajstić information content (AvgIpc) is 2.85. The summed E-state index contributed by atoms with van der Waals surface area (Å²) in [5.41, 5.74) is 0. The van der Waals surface area contributed by atoms with Crippen LogP contribution in [0.4, 0.5) is 0 Å². The summed E-state index contributed by atoms with van der Waals surface area (Å²) in [5.74, 6) is -1.94. The summed E-state index contributed by atoms with van der Waals surface area (Å²) in [6.45, 7) is 3.00. The van der Waals surface area contributed by atoms with E-state index < -0.39 is 17.9 Å². The van der Waals surface area contributed by atoms with E-state index in [2.05, 4.69) is 10.6 Å². The van der Waals surface area contributed by atoms with Crippen molar-refractivity contribution in [3.8, 4) is 0 Å². The summed E-state index contributed by atoms with van der Waals surface area (Å²) in [4.78, 5) is 33.9. The Balaban J connectivity index is 2.55. The van der Waals surface area contributed by atoms with Gasteiger partial charge in [-0.15, -0.1) is 0 Å². The molecule has 1 saturated carbocycles. The molecule has 2 atom stereocenters. The van der Waals surface area contributed by atoms with Crippen LogP contribution in [0.3, 0.4) is 0 Å². The highest BCUT2D eigenvalue weighted by molar-refractivity contribution is 5.87. The maximum absolute atomic E-state index is 12.1. The van der Waals surface area contributed by atoms with Crippen molar-refractivity contribution >= 4 is 17.8 Å². The van der Waals surface area contributed by atoms with Gasteiger partial charge >= 0.3 is 5.97 Å². The molecule has 19 heavy (non-hydrogen) atoms. The predicted octanol–water partition coefficient (Wildman–Crippen LogP) is 0.518. The average molecular weight is 270 g/mol. The molecule has 1 rings (SSSR count). The summed E-state index contributed by atoms with van der Waals surface area (Å²) in [6.07, 6.45) is 3.98. The third kappa shape index (κ3) is 4.89. The summed E-state index contributed by atoms with van der Waals surface area (Å²) in [5, 5.41) is 14.1. The molecule has 6 heteroatoms. The number of carboxylic acid groups (broad SMARTS) is 1. The maximum Gasteiger partial charge on any atom is 0.308 e. The van der Waals surface area contributed by atoms with Gasteiger partial charge in [-0.3, -0.25) is 14.4 Å². The molecule has 2 amide bonds. The Labute approximate surface area is 112 Å². The van der Waals surface area contributed by atoms with E-state index in [0.717, 1.165) is 25.7 Å². The molecule has 1 aliphatic rings. The fourth-order valence-corrected chi connectivity index (χ4v) is 2.36. The molecular weight excluding hydrogens is 248 g/mol. The number of nitrogens with one attached hydrogen (secondary N) is 2. The number of aliphatic carboxylic acids is 1. The number of carbonyl (C=O) groups excluding carboxylic acids is 2. The Hall–Kier alpha value is -1.59. The number of carbonyl (C=O) groups is 3. The highest BCUT2D eigenvalue weighted by Gasteiger charge is 2.31. The molecule has 108 valence electrons. The van der Waals surface area contributed by atoms with Crippen LogP contribution in [0.5, 0.6) is 0 Å². The van der Waals surface area contributed by atoms with Crippen molar-refractivity contribution in [2.75, 3.05) is 6.54 Å². The number of hydrogen-bond acceptors (Lipinski definition) is 3. The molecule has 1 fully saturated rings. The van der Waals surface area contributed by atoms with Gasteiger partial charge in [0.05, 0.1) is 5.92 Å². The number of amides is 2. The molecule has 3 N–H and O–H groups in total. The molecule has 0 bridgehead atoms. The third-order valence-corrected chi connectivity index (χ3v) is 3.52. The quantitative estimate of drug-likeness (QED) is 0.655. The topological polar surface area (TPSA) is 95.5 Å². The molecule has 0 aliphatic heterocycles. The maximum atomic E-state index is 12.1. The Morgan fingerprint density at radius 3 is 2.32 bits per heavy atom. The van der Waals surface area contributed by atoms with E-state index in [1.54, 1.807) is 0 Å². The smallest absolute Gasteiger partial charge is 0.308 e. The minimum Gasteiger partial charge on any atom is -0.481 e. The number of carboxylic acids is 1. The first-order chi connectivity index (χ1) is 8.91. The minimum atomic E-state index is -0.947. The molecule has 0 spiro atoms. The summed E-state index contributed by atoms with van der Waals surface area (Å²) in [7, 11) is 0. The zero-order valence-electron chi connectivity index (χ0n) is 11.4. The number of hydrogen-bond donors (Lipinski definition) is 3. The molecule has 1 aliphatic carbocycles. The lowest BCUT2D eigenvalue weighted by molar-refractivity contribution is -0.141. The fraction of sp³-hybridized carbons (Fsp3) is 0.769. The van der Waals surface area contributed by atoms with Crippen LogP contribution in [-0.2, 0) is 14.4 Å². The van der Waals surface area contributed by atoms with E-state index in [-0.39, 0.29) is 24.3 Å². The van der Waals surface area contributed by atoms with E-state index in [1.165, 1.54) is 13.8 Å². The van der Waals surface area contributed by atoms with Gasteiger partial charge in [0.15, 0.2) is 0 Å². The SMILES string of the molecule is CC(=O)NC(C(=O)NCC(C)C(=O)O)C1CCCC1. The fourth-order valence-electron chi connectivity index (χ4n) is 2.36. The van der Waals surface area contributed by atoms with Gasteiger partial charge < -0.3 is 15.7 Å². The second-order valence-corrected chi connectivity index (χ2v) is 5.21. The summed E-state index contributed by atoms with van der Waals surface area (Å²) < 4.78 is 0. The van der Waals surface area contributed by atoms with Crippen LogP contribution in [0, 0.1) is 11.8 Å². The van der Waals surface area contributed by atoms with E-state index in [0.29, 0.717) is 0 Å². The van der Waals surface area contributed by atoms with Crippen LogP contribution in [0.15, 0.2) is 0 Å². The van der Waals surface area contributed by atoms with Crippen LogP contribution in [-0.4, -0.2) is 35.5 Å². The predicted molar refractivity (Wildman–Crippen MR) is 69.4 cm³/mol. The van der Waals surface area contributed by atoms with Gasteiger partial charge in [-0.05, 0) is 18.8 Å². The molecule has 0 heterocycles. The Kier molecular flexibility index (Phi) is 5.79. The first kappa shape index (κ1) is 15.5. The Bertz CT molecular complexity index is 351. The van der Waals surface area contributed by atoms with E-state index in [9.17, 15) is 14.4 Å². The molecule has 0 saturated heterocycles. The Morgan fingerprint density at radius 1 is 1.26 bits per heavy atom. The first-order valence-corrected chi connectivity index (χ1v) is 6.69. The lowest BCUT2D eigenvalue weighted by atomic mass is 9.97. The van der Waals surface area contributed by atoms with Crippen molar-refractivity contribution in [2.24, 2.45) is 11.8 Å². The van der Waals surface area contributed by atoms with Gasteiger partial charge in [0.1, 0.15) is 6.04 Å². The highest BCUT2D eigenvalue weighted by Crippen LogP contribution is 2.27. The second kappa shape index (κ2) is 7.11. The van der Waals surface area contributed by atoms with Gasteiger partial charge in [0, 0.05) is 13.5 Å². The second-order valence-electron chi connectivity index (χ2n) is 5.21. The van der Waals surface area contributed by atoms with E-state index >= 15 is 0 Å². The zero-order valence-corrected chi connectivity index (χ0v) is 11.4. The van der Waals surface area contributed by atoms with E-state index in [1.807, 2.05) is 0 Å². The molecule has 0 radical (unpaired) electrons. The summed E-state index contributed by atoms with van der Waals surface area (Å²) in [6, 6.07) is -0.541. The first-order valence-electron chi connectivity index (χ1n) is 6.69. The molecule has 0 aromatic heterocycles.